The summed E-state index contributed by atoms with van der Waals surface area (Å²) in [7, 11) is 0. The van der Waals surface area contributed by atoms with E-state index in [4.69, 9.17) is 10.5 Å². The van der Waals surface area contributed by atoms with Crippen molar-refractivity contribution in [1.82, 2.24) is 19.9 Å². The molecule has 3 heterocycles. The van der Waals surface area contributed by atoms with E-state index in [2.05, 4.69) is 19.9 Å². The van der Waals surface area contributed by atoms with Gasteiger partial charge in [0.05, 0.1) is 11.3 Å². The fourth-order valence-corrected chi connectivity index (χ4v) is 1.40. The van der Waals surface area contributed by atoms with Crippen molar-refractivity contribution in [2.75, 3.05) is 0 Å². The highest BCUT2D eigenvalue weighted by molar-refractivity contribution is 5.31. The summed E-state index contributed by atoms with van der Waals surface area (Å²) >= 11 is 0. The molecule has 6 heteroatoms. The van der Waals surface area contributed by atoms with E-state index in [1.54, 1.807) is 61.2 Å². The number of aromatic nitrogens is 4. The molecular formula is C18H16N6. The fourth-order valence-electron chi connectivity index (χ4n) is 1.40. The number of nitriles is 2. The first-order valence-electron chi connectivity index (χ1n) is 7.04. The average molecular weight is 316 g/mol. The zero-order valence-corrected chi connectivity index (χ0v) is 13.5. The molecule has 6 nitrogen and oxygen atoms in total. The number of hydrogen-bond donors (Lipinski definition) is 0. The van der Waals surface area contributed by atoms with Crippen LogP contribution in [0, 0.1) is 36.5 Å². The zero-order valence-electron chi connectivity index (χ0n) is 13.5. The molecule has 3 aromatic heterocycles. The summed E-state index contributed by atoms with van der Waals surface area (Å²) in [5, 5.41) is 16.7. The van der Waals surface area contributed by atoms with Crippen molar-refractivity contribution < 1.29 is 0 Å². The van der Waals surface area contributed by atoms with Crippen molar-refractivity contribution in [3.05, 3.63) is 84.0 Å². The summed E-state index contributed by atoms with van der Waals surface area (Å²) in [6.07, 6.45) is 6.72. The number of nitrogens with zero attached hydrogens (tertiary/aromatic N) is 6. The van der Waals surface area contributed by atoms with Crippen LogP contribution in [-0.4, -0.2) is 19.9 Å². The second-order valence-corrected chi connectivity index (χ2v) is 4.37. The van der Waals surface area contributed by atoms with Crippen molar-refractivity contribution >= 4 is 0 Å². The van der Waals surface area contributed by atoms with Gasteiger partial charge in [-0.3, -0.25) is 4.98 Å². The highest BCUT2D eigenvalue weighted by Crippen LogP contribution is 1.99. The van der Waals surface area contributed by atoms with Crippen LogP contribution in [0.4, 0.5) is 0 Å². The highest BCUT2D eigenvalue weighted by atomic mass is 14.8. The van der Waals surface area contributed by atoms with Crippen molar-refractivity contribution in [1.29, 1.82) is 10.5 Å². The Bertz CT molecular complexity index is 804. The fraction of sp³-hybridized carbons (Fsp3) is 0.111. The average Bonchev–Trinajstić information content (AvgIpc) is 2.64. The van der Waals surface area contributed by atoms with E-state index in [0.717, 1.165) is 11.5 Å². The van der Waals surface area contributed by atoms with Crippen LogP contribution in [0.3, 0.4) is 0 Å². The Kier molecular flexibility index (Phi) is 8.44. The van der Waals surface area contributed by atoms with Gasteiger partial charge < -0.3 is 0 Å². The Labute approximate surface area is 141 Å². The summed E-state index contributed by atoms with van der Waals surface area (Å²) < 4.78 is 0. The minimum atomic E-state index is 0.465. The summed E-state index contributed by atoms with van der Waals surface area (Å²) in [5.41, 5.74) is 1.91. The van der Waals surface area contributed by atoms with Crippen LogP contribution in [0.25, 0.3) is 0 Å². The van der Waals surface area contributed by atoms with Gasteiger partial charge in [0.15, 0.2) is 0 Å². The SMILES string of the molecule is Cc1ncccc1C#N.Cc1ncccn1.N#Cc1ccccn1. The molecule has 0 radical (unpaired) electrons. The number of rotatable bonds is 0. The van der Waals surface area contributed by atoms with E-state index in [0.29, 0.717) is 11.3 Å². The van der Waals surface area contributed by atoms with Gasteiger partial charge in [0.25, 0.3) is 0 Å². The molecule has 3 aromatic rings. The Morgan fingerprint density at radius 2 is 1.38 bits per heavy atom. The lowest BCUT2D eigenvalue weighted by molar-refractivity contribution is 1.05. The van der Waals surface area contributed by atoms with E-state index in [-0.39, 0.29) is 0 Å². The maximum atomic E-state index is 8.43. The van der Waals surface area contributed by atoms with E-state index < -0.39 is 0 Å². The van der Waals surface area contributed by atoms with Crippen LogP contribution >= 0.6 is 0 Å². The number of hydrogen-bond acceptors (Lipinski definition) is 6. The van der Waals surface area contributed by atoms with Crippen LogP contribution in [0.2, 0.25) is 0 Å². The minimum absolute atomic E-state index is 0.465. The van der Waals surface area contributed by atoms with Crippen molar-refractivity contribution in [2.45, 2.75) is 13.8 Å². The van der Waals surface area contributed by atoms with Crippen LogP contribution in [0.1, 0.15) is 22.8 Å². The molecule has 0 amide bonds. The maximum Gasteiger partial charge on any atom is 0.140 e. The first-order valence-corrected chi connectivity index (χ1v) is 7.04. The highest BCUT2D eigenvalue weighted by Gasteiger charge is 1.91. The Hall–Kier alpha value is -3.64. The van der Waals surface area contributed by atoms with Gasteiger partial charge in [-0.1, -0.05) is 6.07 Å². The molecule has 0 fully saturated rings. The van der Waals surface area contributed by atoms with Gasteiger partial charge in [-0.15, -0.1) is 0 Å². The van der Waals surface area contributed by atoms with E-state index in [9.17, 15) is 0 Å². The molecule has 118 valence electrons. The third kappa shape index (κ3) is 7.39. The number of pyridine rings is 2. The van der Waals surface area contributed by atoms with Gasteiger partial charge in [0.2, 0.25) is 0 Å². The van der Waals surface area contributed by atoms with Crippen LogP contribution in [0.5, 0.6) is 0 Å². The quantitative estimate of drug-likeness (QED) is 0.632. The Balaban J connectivity index is 0.000000181. The Morgan fingerprint density at radius 1 is 0.708 bits per heavy atom. The molecule has 0 aliphatic carbocycles. The van der Waals surface area contributed by atoms with E-state index >= 15 is 0 Å². The summed E-state index contributed by atoms with van der Waals surface area (Å²) in [6, 6.07) is 14.5. The molecule has 24 heavy (non-hydrogen) atoms. The predicted octanol–water partition coefficient (Wildman–Crippen LogP) is 3.00. The van der Waals surface area contributed by atoms with Gasteiger partial charge in [-0.05, 0) is 44.2 Å². The topological polar surface area (TPSA) is 99.1 Å². The second kappa shape index (κ2) is 11.0. The molecule has 0 spiro atoms. The summed E-state index contributed by atoms with van der Waals surface area (Å²) in [5.74, 6) is 0.822. The molecule has 0 saturated heterocycles. The lowest BCUT2D eigenvalue weighted by Gasteiger charge is -1.89. The molecule has 0 saturated carbocycles. The molecule has 0 aromatic carbocycles. The van der Waals surface area contributed by atoms with Gasteiger partial charge >= 0.3 is 0 Å². The maximum absolute atomic E-state index is 8.43. The van der Waals surface area contributed by atoms with Gasteiger partial charge in [0, 0.05) is 24.8 Å². The molecule has 0 N–H and O–H groups in total. The third-order valence-corrected chi connectivity index (χ3v) is 2.60. The first kappa shape index (κ1) is 18.4. The monoisotopic (exact) mass is 316 g/mol. The van der Waals surface area contributed by atoms with Crippen LogP contribution in [0.15, 0.2) is 61.2 Å². The van der Waals surface area contributed by atoms with Crippen molar-refractivity contribution in [2.24, 2.45) is 0 Å². The van der Waals surface area contributed by atoms with E-state index in [1.807, 2.05) is 26.0 Å². The van der Waals surface area contributed by atoms with Crippen LogP contribution < -0.4 is 0 Å². The van der Waals surface area contributed by atoms with Gasteiger partial charge in [-0.2, -0.15) is 10.5 Å². The number of aryl methyl sites for hydroxylation is 2. The van der Waals surface area contributed by atoms with E-state index in [1.165, 1.54) is 0 Å². The lowest BCUT2D eigenvalue weighted by atomic mass is 10.2. The third-order valence-electron chi connectivity index (χ3n) is 2.60. The lowest BCUT2D eigenvalue weighted by Crippen LogP contribution is -1.83. The summed E-state index contributed by atoms with van der Waals surface area (Å²) in [6.45, 7) is 3.68. The zero-order chi connectivity index (χ0) is 17.6. The van der Waals surface area contributed by atoms with Crippen molar-refractivity contribution in [3.8, 4) is 12.1 Å². The molecule has 0 aliphatic rings. The molecule has 0 atom stereocenters. The summed E-state index contributed by atoms with van der Waals surface area (Å²) in [4.78, 5) is 15.4. The Morgan fingerprint density at radius 3 is 1.75 bits per heavy atom. The second-order valence-electron chi connectivity index (χ2n) is 4.37. The smallest absolute Gasteiger partial charge is 0.140 e. The molecule has 0 bridgehead atoms. The molecule has 0 unspecified atom stereocenters. The van der Waals surface area contributed by atoms with Gasteiger partial charge in [0.1, 0.15) is 23.7 Å². The van der Waals surface area contributed by atoms with Crippen molar-refractivity contribution in [3.63, 3.8) is 0 Å². The predicted molar refractivity (Wildman–Crippen MR) is 89.4 cm³/mol. The minimum Gasteiger partial charge on any atom is -0.260 e. The molecule has 0 aliphatic heterocycles. The molecule has 3 rings (SSSR count). The first-order chi connectivity index (χ1) is 11.7. The normalized spacial score (nSPS) is 8.33. The molecular weight excluding hydrogens is 300 g/mol. The van der Waals surface area contributed by atoms with Crippen LogP contribution in [-0.2, 0) is 0 Å². The van der Waals surface area contributed by atoms with Gasteiger partial charge in [-0.25, -0.2) is 15.0 Å². The standard InChI is InChI=1S/C7H6N2.C6H4N2.C5H6N2/c1-6-7(5-8)3-2-4-9-6;7-5-6-3-1-2-4-8-6;1-5-6-3-2-4-7-5/h2-4H,1H3;1-4H;2-4H,1H3. The largest absolute Gasteiger partial charge is 0.260 e.